The van der Waals surface area contributed by atoms with Crippen LogP contribution in [0.15, 0.2) is 10.5 Å². The zero-order valence-corrected chi connectivity index (χ0v) is 13.5. The molecule has 2 rings (SSSR count). The Morgan fingerprint density at radius 2 is 2.20 bits per heavy atom. The van der Waals surface area contributed by atoms with E-state index in [0.29, 0.717) is 0 Å². The van der Waals surface area contributed by atoms with Crippen LogP contribution in [0.5, 0.6) is 0 Å². The summed E-state index contributed by atoms with van der Waals surface area (Å²) in [5.74, 6) is 0.759. The molecule has 5 nitrogen and oxygen atoms in total. The fourth-order valence-electron chi connectivity index (χ4n) is 1.89. The first-order valence-corrected chi connectivity index (χ1v) is 8.30. The van der Waals surface area contributed by atoms with Crippen molar-refractivity contribution in [3.8, 4) is 11.4 Å². The number of hydrogen-bond acceptors (Lipinski definition) is 5. The number of aryl methyl sites for hydroxylation is 1. The highest BCUT2D eigenvalue weighted by atomic mass is 32.2. The Labute approximate surface area is 126 Å². The topological polar surface area (TPSA) is 73.8 Å². The molecule has 0 radical (unpaired) electrons. The second kappa shape index (κ2) is 6.41. The lowest BCUT2D eigenvalue weighted by Crippen LogP contribution is -2.14. The average molecular weight is 310 g/mol. The van der Waals surface area contributed by atoms with E-state index in [0.717, 1.165) is 29.5 Å². The molecule has 108 valence electrons. The van der Waals surface area contributed by atoms with E-state index in [2.05, 4.69) is 40.9 Å². The van der Waals surface area contributed by atoms with Crippen molar-refractivity contribution in [3.63, 3.8) is 0 Å². The van der Waals surface area contributed by atoms with E-state index in [4.69, 9.17) is 5.73 Å². The molecule has 7 heteroatoms. The Hall–Kier alpha value is -1.34. The molecule has 0 bridgehead atoms. The van der Waals surface area contributed by atoms with Crippen molar-refractivity contribution in [1.29, 1.82) is 0 Å². The number of rotatable bonds is 6. The third-order valence-corrected chi connectivity index (χ3v) is 5.04. The Morgan fingerprint density at radius 3 is 2.75 bits per heavy atom. The smallest absolute Gasteiger partial charge is 0.227 e. The molecule has 0 saturated carbocycles. The molecular formula is C13H18N4OS2. The van der Waals surface area contributed by atoms with Crippen molar-refractivity contribution in [2.75, 3.05) is 5.75 Å². The molecule has 20 heavy (non-hydrogen) atoms. The highest BCUT2D eigenvalue weighted by Gasteiger charge is 2.17. The molecule has 2 aromatic heterocycles. The van der Waals surface area contributed by atoms with Crippen molar-refractivity contribution in [1.82, 2.24) is 14.8 Å². The lowest BCUT2D eigenvalue weighted by atomic mass is 10.1. The lowest BCUT2D eigenvalue weighted by molar-refractivity contribution is -0.115. The van der Waals surface area contributed by atoms with Gasteiger partial charge >= 0.3 is 0 Å². The van der Waals surface area contributed by atoms with E-state index >= 15 is 0 Å². The fourth-order valence-corrected chi connectivity index (χ4v) is 3.46. The second-order valence-electron chi connectivity index (χ2n) is 4.54. The first-order chi connectivity index (χ1) is 9.54. The number of nitrogens with zero attached hydrogens (tertiary/aromatic N) is 3. The Balaban J connectivity index is 2.38. The van der Waals surface area contributed by atoms with E-state index in [-0.39, 0.29) is 11.7 Å². The van der Waals surface area contributed by atoms with Gasteiger partial charge in [-0.25, -0.2) is 0 Å². The van der Waals surface area contributed by atoms with Crippen LogP contribution in [0.25, 0.3) is 11.4 Å². The summed E-state index contributed by atoms with van der Waals surface area (Å²) in [7, 11) is 0. The summed E-state index contributed by atoms with van der Waals surface area (Å²) in [6.07, 6.45) is 0.983. The molecule has 2 aromatic rings. The van der Waals surface area contributed by atoms with E-state index in [9.17, 15) is 4.79 Å². The third-order valence-electron chi connectivity index (χ3n) is 3.03. The van der Waals surface area contributed by atoms with Crippen molar-refractivity contribution in [2.24, 2.45) is 5.73 Å². The van der Waals surface area contributed by atoms with Crippen LogP contribution in [0.3, 0.4) is 0 Å². The predicted octanol–water partition coefficient (Wildman–Crippen LogP) is 2.61. The van der Waals surface area contributed by atoms with Gasteiger partial charge in [0.2, 0.25) is 5.91 Å². The van der Waals surface area contributed by atoms with Crippen LogP contribution in [0, 0.1) is 13.8 Å². The maximum absolute atomic E-state index is 10.9. The summed E-state index contributed by atoms with van der Waals surface area (Å²) in [5.41, 5.74) is 7.56. The molecule has 0 spiro atoms. The summed E-state index contributed by atoms with van der Waals surface area (Å²) < 4.78 is 2.07. The van der Waals surface area contributed by atoms with Gasteiger partial charge in [-0.3, -0.25) is 4.79 Å². The highest BCUT2D eigenvalue weighted by Crippen LogP contribution is 2.31. The van der Waals surface area contributed by atoms with Gasteiger partial charge in [-0.2, -0.15) is 0 Å². The molecule has 0 fully saturated rings. The number of amides is 1. The van der Waals surface area contributed by atoms with Crippen LogP contribution >= 0.6 is 23.1 Å². The SMILES string of the molecule is CCCn1c(SCC(N)=O)nnc1-c1csc(C)c1C. The minimum absolute atomic E-state index is 0.226. The van der Waals surface area contributed by atoms with Crippen LogP contribution < -0.4 is 5.73 Å². The quantitative estimate of drug-likeness (QED) is 0.832. The number of carbonyl (C=O) groups excluding carboxylic acids is 1. The summed E-state index contributed by atoms with van der Waals surface area (Å²) in [6.45, 7) is 7.14. The Kier molecular flexibility index (Phi) is 4.82. The number of thiophene rings is 1. The van der Waals surface area contributed by atoms with Gasteiger partial charge in [-0.15, -0.1) is 21.5 Å². The van der Waals surface area contributed by atoms with E-state index in [1.54, 1.807) is 11.3 Å². The minimum atomic E-state index is -0.342. The fraction of sp³-hybridized carbons (Fsp3) is 0.462. The van der Waals surface area contributed by atoms with Gasteiger partial charge < -0.3 is 10.3 Å². The van der Waals surface area contributed by atoms with Gasteiger partial charge in [0.25, 0.3) is 0 Å². The number of aromatic nitrogens is 3. The normalized spacial score (nSPS) is 10.9. The number of hydrogen-bond donors (Lipinski definition) is 1. The Bertz CT molecular complexity index is 618. The summed E-state index contributed by atoms with van der Waals surface area (Å²) >= 11 is 3.06. The van der Waals surface area contributed by atoms with Gasteiger partial charge in [-0.1, -0.05) is 18.7 Å². The largest absolute Gasteiger partial charge is 0.369 e. The molecule has 2 N–H and O–H groups in total. The zero-order chi connectivity index (χ0) is 14.7. The molecular weight excluding hydrogens is 292 g/mol. The number of nitrogens with two attached hydrogens (primary N) is 1. The summed E-state index contributed by atoms with van der Waals surface area (Å²) in [6, 6.07) is 0. The maximum Gasteiger partial charge on any atom is 0.227 e. The number of thioether (sulfide) groups is 1. The number of carbonyl (C=O) groups is 1. The lowest BCUT2D eigenvalue weighted by Gasteiger charge is -2.08. The van der Waals surface area contributed by atoms with Crippen LogP contribution in [0.1, 0.15) is 23.8 Å². The molecule has 2 heterocycles. The van der Waals surface area contributed by atoms with Crippen LogP contribution in [-0.2, 0) is 11.3 Å². The van der Waals surface area contributed by atoms with Crippen molar-refractivity contribution >= 4 is 29.0 Å². The van der Waals surface area contributed by atoms with Gasteiger partial charge in [0, 0.05) is 22.4 Å². The second-order valence-corrected chi connectivity index (χ2v) is 6.57. The van der Waals surface area contributed by atoms with Crippen LogP contribution in [-0.4, -0.2) is 26.4 Å². The van der Waals surface area contributed by atoms with Crippen LogP contribution in [0.4, 0.5) is 0 Å². The van der Waals surface area contributed by atoms with Gasteiger partial charge in [0.1, 0.15) is 0 Å². The molecule has 0 aliphatic heterocycles. The first-order valence-electron chi connectivity index (χ1n) is 6.44. The summed E-state index contributed by atoms with van der Waals surface area (Å²) in [5, 5.41) is 11.4. The van der Waals surface area contributed by atoms with Gasteiger partial charge in [-0.05, 0) is 25.8 Å². The van der Waals surface area contributed by atoms with Crippen molar-refractivity contribution in [3.05, 3.63) is 15.8 Å². The minimum Gasteiger partial charge on any atom is -0.369 e. The molecule has 0 aliphatic carbocycles. The van der Waals surface area contributed by atoms with Gasteiger partial charge in [0.05, 0.1) is 5.75 Å². The van der Waals surface area contributed by atoms with E-state index in [1.807, 2.05) is 0 Å². The van der Waals surface area contributed by atoms with E-state index in [1.165, 1.54) is 22.2 Å². The maximum atomic E-state index is 10.9. The average Bonchev–Trinajstić information content (AvgIpc) is 2.93. The monoisotopic (exact) mass is 310 g/mol. The Morgan fingerprint density at radius 1 is 1.45 bits per heavy atom. The number of primary amides is 1. The first kappa shape index (κ1) is 15.1. The standard InChI is InChI=1S/C13H18N4OS2/c1-4-5-17-12(10-6-19-9(3)8(10)2)15-16-13(17)20-7-11(14)18/h6H,4-5,7H2,1-3H3,(H2,14,18). The molecule has 0 unspecified atom stereocenters. The summed E-state index contributed by atoms with van der Waals surface area (Å²) in [4.78, 5) is 12.2. The predicted molar refractivity (Wildman–Crippen MR) is 83.0 cm³/mol. The third kappa shape index (κ3) is 3.04. The van der Waals surface area contributed by atoms with Gasteiger partial charge in [0.15, 0.2) is 11.0 Å². The van der Waals surface area contributed by atoms with Crippen molar-refractivity contribution < 1.29 is 4.79 Å². The molecule has 0 aliphatic rings. The molecule has 0 aromatic carbocycles. The zero-order valence-electron chi connectivity index (χ0n) is 11.8. The van der Waals surface area contributed by atoms with E-state index < -0.39 is 0 Å². The molecule has 1 amide bonds. The molecule has 0 atom stereocenters. The molecule has 0 saturated heterocycles. The van der Waals surface area contributed by atoms with Crippen LogP contribution in [0.2, 0.25) is 0 Å². The van der Waals surface area contributed by atoms with Crippen molar-refractivity contribution in [2.45, 2.75) is 38.9 Å². The highest BCUT2D eigenvalue weighted by molar-refractivity contribution is 7.99.